The smallest absolute Gasteiger partial charge is 0.481 e. The maximum Gasteiger partial charge on any atom is 0.573 e. The van der Waals surface area contributed by atoms with E-state index in [4.69, 9.17) is 14.6 Å². The van der Waals surface area contributed by atoms with Gasteiger partial charge in [0.2, 0.25) is 0 Å². The molecule has 3 rings (SSSR count). The molecule has 0 heterocycles. The Labute approximate surface area is 194 Å². The molecule has 0 radical (unpaired) electrons. The maximum atomic E-state index is 12.3. The van der Waals surface area contributed by atoms with Crippen LogP contribution in [-0.4, -0.2) is 23.8 Å². The first-order valence-electron chi connectivity index (χ1n) is 9.79. The van der Waals surface area contributed by atoms with E-state index in [9.17, 15) is 31.1 Å². The second-order valence-corrected chi connectivity index (χ2v) is 6.87. The Morgan fingerprint density at radius 2 is 1.03 bits per heavy atom. The summed E-state index contributed by atoms with van der Waals surface area (Å²) >= 11 is 0. The molecule has 0 aliphatic heterocycles. The molecule has 0 saturated carbocycles. The van der Waals surface area contributed by atoms with Gasteiger partial charge < -0.3 is 24.1 Å². The summed E-state index contributed by atoms with van der Waals surface area (Å²) in [6, 6.07) is 13.6. The second kappa shape index (κ2) is 10.5. The number of rotatable bonds is 9. The number of hydrogen-bond acceptors (Lipinski definition) is 5. The molecule has 0 amide bonds. The van der Waals surface area contributed by atoms with E-state index in [0.29, 0.717) is 5.56 Å². The third-order valence-corrected chi connectivity index (χ3v) is 4.25. The van der Waals surface area contributed by atoms with Crippen molar-refractivity contribution in [3.63, 3.8) is 0 Å². The van der Waals surface area contributed by atoms with E-state index in [1.807, 2.05) is 0 Å². The first-order valence-corrected chi connectivity index (χ1v) is 9.79. The number of carboxylic acids is 1. The van der Waals surface area contributed by atoms with Crippen LogP contribution >= 0.6 is 0 Å². The zero-order valence-corrected chi connectivity index (χ0v) is 17.5. The Hall–Kier alpha value is -4.09. The Balaban J connectivity index is 1.83. The summed E-state index contributed by atoms with van der Waals surface area (Å²) in [5.74, 6) is -1.38. The Morgan fingerprint density at radius 1 is 0.657 bits per heavy atom. The molecule has 186 valence electrons. The summed E-state index contributed by atoms with van der Waals surface area (Å²) < 4.78 is 93.1. The van der Waals surface area contributed by atoms with Crippen LogP contribution in [0.2, 0.25) is 0 Å². The SMILES string of the molecule is O=C(O)CCc1c(Oc2ccc(OC(F)(F)F)cc2)cccc1Oc1ccc(OC(F)(F)F)cc1. The standard InChI is InChI=1S/C23H16F6O6/c24-22(25,26)34-16-8-4-14(5-9-16)32-19-2-1-3-20(18(19)12-13-21(30)31)33-15-6-10-17(11-7-15)35-23(27,28)29/h1-11H,12-13H2,(H,30,31). The predicted octanol–water partition coefficient (Wildman–Crippen LogP) is 7.09. The summed E-state index contributed by atoms with van der Waals surface area (Å²) in [6.45, 7) is 0. The monoisotopic (exact) mass is 502 g/mol. The second-order valence-electron chi connectivity index (χ2n) is 6.87. The van der Waals surface area contributed by atoms with Crippen molar-refractivity contribution in [2.75, 3.05) is 0 Å². The minimum atomic E-state index is -4.85. The number of aliphatic carboxylic acids is 1. The number of ether oxygens (including phenoxy) is 4. The van der Waals surface area contributed by atoms with Crippen molar-refractivity contribution >= 4 is 5.97 Å². The Morgan fingerprint density at radius 3 is 1.37 bits per heavy atom. The average molecular weight is 502 g/mol. The molecule has 0 aliphatic rings. The quantitative estimate of drug-likeness (QED) is 0.315. The van der Waals surface area contributed by atoms with Gasteiger partial charge in [-0.25, -0.2) is 0 Å². The third-order valence-electron chi connectivity index (χ3n) is 4.25. The normalized spacial score (nSPS) is 11.6. The zero-order chi connectivity index (χ0) is 25.6. The van der Waals surface area contributed by atoms with Crippen molar-refractivity contribution in [3.05, 3.63) is 72.3 Å². The van der Waals surface area contributed by atoms with E-state index >= 15 is 0 Å². The van der Waals surface area contributed by atoms with E-state index in [-0.39, 0.29) is 35.8 Å². The molecule has 0 fully saturated rings. The van der Waals surface area contributed by atoms with Crippen LogP contribution in [0.15, 0.2) is 66.7 Å². The van der Waals surface area contributed by atoms with Crippen molar-refractivity contribution in [3.8, 4) is 34.5 Å². The van der Waals surface area contributed by atoms with Crippen LogP contribution in [-0.2, 0) is 11.2 Å². The van der Waals surface area contributed by atoms with Crippen molar-refractivity contribution < 1.29 is 55.2 Å². The molecule has 0 atom stereocenters. The highest BCUT2D eigenvalue weighted by Gasteiger charge is 2.31. The van der Waals surface area contributed by atoms with E-state index in [1.54, 1.807) is 0 Å². The van der Waals surface area contributed by atoms with Gasteiger partial charge in [0.1, 0.15) is 34.5 Å². The average Bonchev–Trinajstić information content (AvgIpc) is 2.74. The predicted molar refractivity (Wildman–Crippen MR) is 109 cm³/mol. The number of hydrogen-bond donors (Lipinski definition) is 1. The van der Waals surface area contributed by atoms with Crippen LogP contribution in [0, 0.1) is 0 Å². The van der Waals surface area contributed by atoms with Crippen molar-refractivity contribution in [1.82, 2.24) is 0 Å². The lowest BCUT2D eigenvalue weighted by Gasteiger charge is -2.16. The molecule has 3 aromatic carbocycles. The fourth-order valence-electron chi connectivity index (χ4n) is 2.89. The summed E-state index contributed by atoms with van der Waals surface area (Å²) in [5.41, 5.74) is 0.320. The van der Waals surface area contributed by atoms with Gasteiger partial charge in [-0.15, -0.1) is 26.3 Å². The molecular formula is C23H16F6O6. The fourth-order valence-corrected chi connectivity index (χ4v) is 2.89. The Bertz CT molecular complexity index is 1060. The van der Waals surface area contributed by atoms with Crippen LogP contribution in [0.3, 0.4) is 0 Å². The largest absolute Gasteiger partial charge is 0.573 e. The molecule has 6 nitrogen and oxygen atoms in total. The molecule has 12 heteroatoms. The van der Waals surface area contributed by atoms with Gasteiger partial charge >= 0.3 is 18.7 Å². The van der Waals surface area contributed by atoms with Crippen LogP contribution in [0.4, 0.5) is 26.3 Å². The fraction of sp³-hybridized carbons (Fsp3) is 0.174. The molecule has 0 spiro atoms. The van der Waals surface area contributed by atoms with Crippen molar-refractivity contribution in [2.24, 2.45) is 0 Å². The van der Waals surface area contributed by atoms with Crippen LogP contribution in [0.1, 0.15) is 12.0 Å². The lowest BCUT2D eigenvalue weighted by molar-refractivity contribution is -0.275. The van der Waals surface area contributed by atoms with Gasteiger partial charge in [-0.05, 0) is 67.1 Å². The summed E-state index contributed by atoms with van der Waals surface area (Å²) in [6.07, 6.45) is -10.0. The topological polar surface area (TPSA) is 74.2 Å². The zero-order valence-electron chi connectivity index (χ0n) is 17.5. The van der Waals surface area contributed by atoms with Gasteiger partial charge in [0, 0.05) is 12.0 Å². The molecule has 0 bridgehead atoms. The van der Waals surface area contributed by atoms with Gasteiger partial charge in [0.25, 0.3) is 0 Å². The minimum absolute atomic E-state index is 0.0363. The molecule has 3 aromatic rings. The van der Waals surface area contributed by atoms with E-state index in [1.165, 1.54) is 42.5 Å². The highest BCUT2D eigenvalue weighted by atomic mass is 19.4. The molecular weight excluding hydrogens is 486 g/mol. The van der Waals surface area contributed by atoms with Crippen LogP contribution in [0.25, 0.3) is 0 Å². The molecule has 0 aliphatic carbocycles. The molecule has 1 N–H and O–H groups in total. The van der Waals surface area contributed by atoms with Crippen LogP contribution in [0.5, 0.6) is 34.5 Å². The molecule has 0 saturated heterocycles. The number of benzene rings is 3. The number of alkyl halides is 6. The summed E-state index contributed by atoms with van der Waals surface area (Å²) in [4.78, 5) is 11.1. The highest BCUT2D eigenvalue weighted by molar-refractivity contribution is 5.67. The van der Waals surface area contributed by atoms with E-state index in [2.05, 4.69) is 9.47 Å². The summed E-state index contributed by atoms with van der Waals surface area (Å²) in [5, 5.41) is 9.09. The molecule has 0 unspecified atom stereocenters. The van der Waals surface area contributed by atoms with Gasteiger partial charge in [0.05, 0.1) is 0 Å². The first kappa shape index (κ1) is 25.5. The summed E-state index contributed by atoms with van der Waals surface area (Å²) in [7, 11) is 0. The lowest BCUT2D eigenvalue weighted by atomic mass is 10.1. The van der Waals surface area contributed by atoms with Crippen molar-refractivity contribution in [2.45, 2.75) is 25.6 Å². The molecule has 0 aromatic heterocycles. The van der Waals surface area contributed by atoms with Gasteiger partial charge in [-0.1, -0.05) is 6.07 Å². The number of carbonyl (C=O) groups is 1. The Kier molecular flexibility index (Phi) is 7.62. The number of halogens is 6. The van der Waals surface area contributed by atoms with E-state index < -0.39 is 30.2 Å². The first-order chi connectivity index (χ1) is 16.4. The molecule has 35 heavy (non-hydrogen) atoms. The van der Waals surface area contributed by atoms with Gasteiger partial charge in [0.15, 0.2) is 0 Å². The lowest BCUT2D eigenvalue weighted by Crippen LogP contribution is -2.16. The van der Waals surface area contributed by atoms with E-state index in [0.717, 1.165) is 24.3 Å². The highest BCUT2D eigenvalue weighted by Crippen LogP contribution is 2.37. The number of carboxylic acid groups (broad SMARTS) is 1. The minimum Gasteiger partial charge on any atom is -0.481 e. The third kappa shape index (κ3) is 8.32. The van der Waals surface area contributed by atoms with Gasteiger partial charge in [-0.3, -0.25) is 4.79 Å². The van der Waals surface area contributed by atoms with Crippen molar-refractivity contribution in [1.29, 1.82) is 0 Å². The van der Waals surface area contributed by atoms with Gasteiger partial charge in [-0.2, -0.15) is 0 Å². The van der Waals surface area contributed by atoms with Crippen LogP contribution < -0.4 is 18.9 Å². The maximum absolute atomic E-state index is 12.3.